The minimum atomic E-state index is 0.951. The van der Waals surface area contributed by atoms with E-state index in [4.69, 9.17) is 0 Å². The number of rotatable bonds is 0. The van der Waals surface area contributed by atoms with Gasteiger partial charge in [0, 0.05) is 17.6 Å². The Kier molecular flexibility index (Phi) is 2.07. The molecule has 3 rings (SSSR count). The zero-order valence-corrected chi connectivity index (χ0v) is 10.2. The lowest BCUT2D eigenvalue weighted by atomic mass is 10.3. The van der Waals surface area contributed by atoms with Gasteiger partial charge in [0.05, 0.1) is 17.6 Å². The Bertz CT molecular complexity index is 518. The molecule has 0 N–H and O–H groups in total. The maximum atomic E-state index is 4.66. The molecule has 0 fully saturated rings. The van der Waals surface area contributed by atoms with Crippen molar-refractivity contribution in [3.8, 4) is 0 Å². The van der Waals surface area contributed by atoms with Gasteiger partial charge in [-0.3, -0.25) is 4.90 Å². The molecule has 0 saturated heterocycles. The quantitative estimate of drug-likeness (QED) is 0.729. The minimum absolute atomic E-state index is 0.951. The highest BCUT2D eigenvalue weighted by Gasteiger charge is 2.17. The van der Waals surface area contributed by atoms with Crippen LogP contribution in [0.25, 0.3) is 11.0 Å². The molecule has 2 aromatic rings. The minimum Gasteiger partial charge on any atom is -0.326 e. The van der Waals surface area contributed by atoms with Crippen LogP contribution in [0.2, 0.25) is 0 Å². The summed E-state index contributed by atoms with van der Waals surface area (Å²) in [7, 11) is 2.14. The van der Waals surface area contributed by atoms with Gasteiger partial charge in [-0.2, -0.15) is 0 Å². The third-order valence-corrected chi connectivity index (χ3v) is 3.40. The van der Waals surface area contributed by atoms with Crippen LogP contribution in [0.5, 0.6) is 0 Å². The Labute approximate surface area is 96.8 Å². The van der Waals surface area contributed by atoms with E-state index < -0.39 is 0 Å². The molecular weight excluding hydrogens is 254 g/mol. The van der Waals surface area contributed by atoms with Crippen LogP contribution in [0.1, 0.15) is 5.82 Å². The molecule has 0 radical (unpaired) electrons. The molecule has 0 unspecified atom stereocenters. The topological polar surface area (TPSA) is 21.1 Å². The number of hydrogen-bond donors (Lipinski definition) is 0. The highest BCUT2D eigenvalue weighted by atomic mass is 79.9. The van der Waals surface area contributed by atoms with Crippen LogP contribution >= 0.6 is 15.9 Å². The lowest BCUT2D eigenvalue weighted by molar-refractivity contribution is 0.267. The van der Waals surface area contributed by atoms with Crippen molar-refractivity contribution < 1.29 is 0 Å². The number of aromatic nitrogens is 2. The zero-order valence-electron chi connectivity index (χ0n) is 8.57. The van der Waals surface area contributed by atoms with Gasteiger partial charge in [0.25, 0.3) is 0 Å². The summed E-state index contributed by atoms with van der Waals surface area (Å²) in [4.78, 5) is 6.96. The second kappa shape index (κ2) is 3.32. The Balaban J connectivity index is 2.23. The first kappa shape index (κ1) is 9.36. The summed E-state index contributed by atoms with van der Waals surface area (Å²) < 4.78 is 3.42. The van der Waals surface area contributed by atoms with E-state index >= 15 is 0 Å². The molecule has 0 saturated carbocycles. The summed E-state index contributed by atoms with van der Waals surface area (Å²) in [5, 5.41) is 0. The molecule has 0 amide bonds. The number of nitrogens with zero attached hydrogens (tertiary/aromatic N) is 3. The van der Waals surface area contributed by atoms with E-state index in [1.165, 1.54) is 11.3 Å². The van der Waals surface area contributed by atoms with Gasteiger partial charge in [0.2, 0.25) is 0 Å². The van der Waals surface area contributed by atoms with Crippen molar-refractivity contribution in [3.05, 3.63) is 28.5 Å². The highest BCUT2D eigenvalue weighted by Crippen LogP contribution is 2.23. The van der Waals surface area contributed by atoms with Gasteiger partial charge >= 0.3 is 0 Å². The van der Waals surface area contributed by atoms with E-state index in [1.54, 1.807) is 0 Å². The smallest absolute Gasteiger partial charge is 0.124 e. The van der Waals surface area contributed by atoms with E-state index in [2.05, 4.69) is 55.6 Å². The summed E-state index contributed by atoms with van der Waals surface area (Å²) in [6.45, 7) is 3.10. The summed E-state index contributed by atoms with van der Waals surface area (Å²) in [5.41, 5.74) is 2.34. The van der Waals surface area contributed by atoms with Crippen molar-refractivity contribution in [2.45, 2.75) is 13.1 Å². The molecule has 0 aliphatic carbocycles. The summed E-state index contributed by atoms with van der Waals surface area (Å²) in [6, 6.07) is 6.30. The summed E-state index contributed by atoms with van der Waals surface area (Å²) in [6.07, 6.45) is 0. The van der Waals surface area contributed by atoms with Crippen molar-refractivity contribution in [3.63, 3.8) is 0 Å². The molecule has 3 nitrogen and oxygen atoms in total. The fourth-order valence-electron chi connectivity index (χ4n) is 2.11. The number of fused-ring (bicyclic) bond motifs is 3. The average Bonchev–Trinajstić information content (AvgIpc) is 2.53. The van der Waals surface area contributed by atoms with Gasteiger partial charge in [-0.1, -0.05) is 15.9 Å². The van der Waals surface area contributed by atoms with Crippen molar-refractivity contribution in [1.29, 1.82) is 0 Å². The van der Waals surface area contributed by atoms with Crippen LogP contribution in [-0.2, 0) is 13.1 Å². The van der Waals surface area contributed by atoms with Crippen LogP contribution < -0.4 is 0 Å². The van der Waals surface area contributed by atoms with Crippen LogP contribution in [0.3, 0.4) is 0 Å². The van der Waals surface area contributed by atoms with Crippen molar-refractivity contribution in [2.75, 3.05) is 13.6 Å². The van der Waals surface area contributed by atoms with Crippen LogP contribution in [-0.4, -0.2) is 28.0 Å². The number of hydrogen-bond acceptors (Lipinski definition) is 2. The first-order valence-electron chi connectivity index (χ1n) is 5.07. The molecular formula is C11H12BrN3. The fraction of sp³-hybridized carbons (Fsp3) is 0.364. The van der Waals surface area contributed by atoms with E-state index in [9.17, 15) is 0 Å². The molecule has 78 valence electrons. The van der Waals surface area contributed by atoms with Crippen molar-refractivity contribution >= 4 is 27.0 Å². The van der Waals surface area contributed by atoms with Crippen molar-refractivity contribution in [1.82, 2.24) is 14.5 Å². The predicted molar refractivity (Wildman–Crippen MR) is 63.8 cm³/mol. The standard InChI is InChI=1S/C11H12BrN3/c1-14-4-5-15-10-3-2-8(12)6-9(10)13-11(15)7-14/h2-3,6H,4-5,7H2,1H3. The van der Waals surface area contributed by atoms with Gasteiger partial charge in [-0.25, -0.2) is 4.98 Å². The van der Waals surface area contributed by atoms with Gasteiger partial charge in [0.1, 0.15) is 5.82 Å². The molecule has 0 spiro atoms. The van der Waals surface area contributed by atoms with Crippen LogP contribution in [0.15, 0.2) is 22.7 Å². The molecule has 1 aromatic carbocycles. The Morgan fingerprint density at radius 1 is 1.33 bits per heavy atom. The molecule has 4 heteroatoms. The lowest BCUT2D eigenvalue weighted by Crippen LogP contribution is -2.30. The van der Waals surface area contributed by atoms with Gasteiger partial charge in [-0.05, 0) is 25.2 Å². The molecule has 15 heavy (non-hydrogen) atoms. The van der Waals surface area contributed by atoms with Crippen LogP contribution in [0.4, 0.5) is 0 Å². The highest BCUT2D eigenvalue weighted by molar-refractivity contribution is 9.10. The van der Waals surface area contributed by atoms with E-state index in [0.29, 0.717) is 0 Å². The molecule has 1 aromatic heterocycles. The van der Waals surface area contributed by atoms with Crippen molar-refractivity contribution in [2.24, 2.45) is 0 Å². The van der Waals surface area contributed by atoms with E-state index in [1.807, 2.05) is 0 Å². The monoisotopic (exact) mass is 265 g/mol. The largest absolute Gasteiger partial charge is 0.326 e. The molecule has 0 bridgehead atoms. The van der Waals surface area contributed by atoms with Gasteiger partial charge in [-0.15, -0.1) is 0 Å². The van der Waals surface area contributed by atoms with Gasteiger partial charge < -0.3 is 4.57 Å². The Hall–Kier alpha value is -0.870. The maximum Gasteiger partial charge on any atom is 0.124 e. The van der Waals surface area contributed by atoms with Crippen LogP contribution in [0, 0.1) is 0 Å². The summed E-state index contributed by atoms with van der Waals surface area (Å²) >= 11 is 3.48. The predicted octanol–water partition coefficient (Wildman–Crippen LogP) is 2.24. The second-order valence-electron chi connectivity index (χ2n) is 4.05. The zero-order chi connectivity index (χ0) is 10.4. The lowest BCUT2D eigenvalue weighted by Gasteiger charge is -2.23. The summed E-state index contributed by atoms with van der Waals surface area (Å²) in [5.74, 6) is 1.18. The maximum absolute atomic E-state index is 4.66. The number of halogens is 1. The Morgan fingerprint density at radius 2 is 2.20 bits per heavy atom. The second-order valence-corrected chi connectivity index (χ2v) is 4.97. The van der Waals surface area contributed by atoms with E-state index in [0.717, 1.165) is 29.6 Å². The average molecular weight is 266 g/mol. The van der Waals surface area contributed by atoms with Gasteiger partial charge in [0.15, 0.2) is 0 Å². The third kappa shape index (κ3) is 1.48. The normalized spacial score (nSPS) is 16.9. The molecule has 1 aliphatic rings. The molecule has 1 aliphatic heterocycles. The number of likely N-dealkylation sites (N-methyl/N-ethyl adjacent to an activating group) is 1. The first-order chi connectivity index (χ1) is 7.24. The number of benzene rings is 1. The first-order valence-corrected chi connectivity index (χ1v) is 5.86. The SMILES string of the molecule is CN1CCn2c(nc3cc(Br)ccc32)C1. The van der Waals surface area contributed by atoms with E-state index in [-0.39, 0.29) is 0 Å². The molecule has 2 heterocycles. The third-order valence-electron chi connectivity index (χ3n) is 2.91. The number of imidazole rings is 1. The molecule has 0 atom stereocenters. The Morgan fingerprint density at radius 3 is 3.07 bits per heavy atom. The fourth-order valence-corrected chi connectivity index (χ4v) is 2.46.